The van der Waals surface area contributed by atoms with Crippen LogP contribution in [0.15, 0.2) is 72.8 Å². The molecular formula is C36H45ClN2O4. The Labute approximate surface area is 261 Å². The molecule has 43 heavy (non-hydrogen) atoms. The summed E-state index contributed by atoms with van der Waals surface area (Å²) in [6.07, 6.45) is 6.12. The van der Waals surface area contributed by atoms with Crippen molar-refractivity contribution >= 4 is 40.6 Å². The Morgan fingerprint density at radius 3 is 2.19 bits per heavy atom. The maximum Gasteiger partial charge on any atom is 0.258 e. The number of Topliss-reactive ketones (excluding diaryl/α,β-unsaturated/α-hetero) is 1. The molecule has 1 aliphatic carbocycles. The van der Waals surface area contributed by atoms with Gasteiger partial charge in [-0.3, -0.25) is 14.4 Å². The van der Waals surface area contributed by atoms with Gasteiger partial charge in [0.2, 0.25) is 5.91 Å². The molecule has 0 unspecified atom stereocenters. The molecule has 7 heteroatoms. The minimum atomic E-state index is -0.377. The third-order valence-corrected chi connectivity index (χ3v) is 7.97. The minimum absolute atomic E-state index is 0.0114. The molecule has 1 aliphatic heterocycles. The van der Waals surface area contributed by atoms with Crippen molar-refractivity contribution in [2.45, 2.75) is 73.1 Å². The smallest absolute Gasteiger partial charge is 0.258 e. The summed E-state index contributed by atoms with van der Waals surface area (Å²) in [7, 11) is 0. The first-order valence-corrected chi connectivity index (χ1v) is 15.6. The lowest BCUT2D eigenvalue weighted by atomic mass is 9.86. The van der Waals surface area contributed by atoms with Crippen molar-refractivity contribution in [2.75, 3.05) is 23.4 Å². The van der Waals surface area contributed by atoms with Gasteiger partial charge in [-0.1, -0.05) is 70.3 Å². The van der Waals surface area contributed by atoms with E-state index in [0.29, 0.717) is 35.8 Å². The number of nitrogens with zero attached hydrogens (tertiary/aromatic N) is 1. The zero-order chi connectivity index (χ0) is 31.4. The van der Waals surface area contributed by atoms with Gasteiger partial charge in [-0.2, -0.15) is 0 Å². The average Bonchev–Trinajstić information content (AvgIpc) is 3.80. The molecule has 5 rings (SSSR count). The van der Waals surface area contributed by atoms with Gasteiger partial charge in [-0.05, 0) is 92.3 Å². The molecule has 0 radical (unpaired) electrons. The lowest BCUT2D eigenvalue weighted by Gasteiger charge is -2.29. The van der Waals surface area contributed by atoms with Crippen LogP contribution in [0.1, 0.15) is 82.6 Å². The summed E-state index contributed by atoms with van der Waals surface area (Å²) >= 11 is 5.67. The molecule has 0 aromatic heterocycles. The van der Waals surface area contributed by atoms with Crippen molar-refractivity contribution in [3.63, 3.8) is 0 Å². The number of nitrogens with one attached hydrogen (secondary N) is 1. The van der Waals surface area contributed by atoms with E-state index in [2.05, 4.69) is 18.3 Å². The van der Waals surface area contributed by atoms with Crippen LogP contribution in [0.3, 0.4) is 0 Å². The van der Waals surface area contributed by atoms with Crippen LogP contribution in [0.5, 0.6) is 5.75 Å². The highest BCUT2D eigenvalue weighted by Crippen LogP contribution is 2.29. The number of fused-ring (bicyclic) bond motifs is 1. The molecule has 6 nitrogen and oxygen atoms in total. The number of amides is 2. The fourth-order valence-electron chi connectivity index (χ4n) is 4.14. The topological polar surface area (TPSA) is 75.7 Å². The zero-order valence-corrected chi connectivity index (χ0v) is 26.9. The number of hydrogen-bond donors (Lipinski definition) is 1. The normalized spacial score (nSPS) is 13.8. The molecule has 1 fully saturated rings. The second-order valence-electron chi connectivity index (χ2n) is 11.8. The minimum Gasteiger partial charge on any atom is -0.494 e. The maximum atomic E-state index is 12.9. The van der Waals surface area contributed by atoms with Gasteiger partial charge in [0.15, 0.2) is 0 Å². The quantitative estimate of drug-likeness (QED) is 0.279. The lowest BCUT2D eigenvalue weighted by molar-refractivity contribution is -0.125. The Balaban J connectivity index is 0.000000259. The molecule has 0 bridgehead atoms. The van der Waals surface area contributed by atoms with Gasteiger partial charge >= 0.3 is 0 Å². The van der Waals surface area contributed by atoms with Gasteiger partial charge in [-0.25, -0.2) is 0 Å². The predicted molar refractivity (Wildman–Crippen MR) is 176 cm³/mol. The van der Waals surface area contributed by atoms with E-state index in [1.165, 1.54) is 18.4 Å². The van der Waals surface area contributed by atoms with Crippen LogP contribution >= 0.6 is 11.6 Å². The lowest BCUT2D eigenvalue weighted by Crippen LogP contribution is -2.35. The van der Waals surface area contributed by atoms with Crippen molar-refractivity contribution in [1.82, 2.24) is 0 Å². The SMILES string of the molecule is CC(=O)C(C)(C)CCOc1ccc(C(=O)N2CCCc3ccccc32)cc1.CC1CC1.CCC(=O)Nc1ccc(Cl)cc1. The van der Waals surface area contributed by atoms with E-state index in [4.69, 9.17) is 16.3 Å². The molecule has 0 spiro atoms. The summed E-state index contributed by atoms with van der Waals surface area (Å²) in [4.78, 5) is 37.3. The number of rotatable bonds is 8. The van der Waals surface area contributed by atoms with Crippen LogP contribution in [0.4, 0.5) is 11.4 Å². The number of carbonyl (C=O) groups excluding carboxylic acids is 3. The highest BCUT2D eigenvalue weighted by atomic mass is 35.5. The van der Waals surface area contributed by atoms with E-state index in [0.717, 1.165) is 36.7 Å². The molecule has 3 aromatic rings. The first kappa shape index (κ1) is 33.9. The fourth-order valence-corrected chi connectivity index (χ4v) is 4.27. The van der Waals surface area contributed by atoms with E-state index in [1.54, 1.807) is 31.2 Å². The van der Waals surface area contributed by atoms with E-state index in [9.17, 15) is 14.4 Å². The first-order valence-electron chi connectivity index (χ1n) is 15.2. The second kappa shape index (κ2) is 16.3. The molecule has 230 valence electrons. The summed E-state index contributed by atoms with van der Waals surface area (Å²) in [5.74, 6) is 1.99. The molecule has 0 saturated heterocycles. The first-order chi connectivity index (χ1) is 20.5. The molecular weight excluding hydrogens is 560 g/mol. The maximum absolute atomic E-state index is 12.9. The second-order valence-corrected chi connectivity index (χ2v) is 12.3. The standard InChI is InChI=1S/C23H27NO3.C9H10ClNO.C4H8/c1-17(25)23(2,3)14-16-27-20-12-10-19(11-13-20)22(26)24-15-6-8-18-7-4-5-9-21(18)24;1-2-9(12)11-8-5-3-7(10)4-6-8;1-4-2-3-4/h4-5,7,9-13H,6,8,14-16H2,1-3H3;3-6H,2H2,1H3,(H,11,12);4H,2-3H2,1H3. The number of ketones is 1. The Hall–Kier alpha value is -3.64. The Bertz CT molecular complexity index is 1350. The number of ether oxygens (including phenoxy) is 1. The van der Waals surface area contributed by atoms with Gasteiger partial charge in [0.05, 0.1) is 6.61 Å². The largest absolute Gasteiger partial charge is 0.494 e. The van der Waals surface area contributed by atoms with Gasteiger partial charge in [0, 0.05) is 40.3 Å². The van der Waals surface area contributed by atoms with Crippen molar-refractivity contribution in [2.24, 2.45) is 11.3 Å². The van der Waals surface area contributed by atoms with Gasteiger partial charge < -0.3 is 15.0 Å². The summed E-state index contributed by atoms with van der Waals surface area (Å²) in [6.45, 7) is 10.8. The average molecular weight is 605 g/mol. The molecule has 1 heterocycles. The monoisotopic (exact) mass is 604 g/mol. The number of halogens is 1. The number of hydrogen-bond acceptors (Lipinski definition) is 4. The van der Waals surface area contributed by atoms with Crippen LogP contribution in [0.25, 0.3) is 0 Å². The third-order valence-electron chi connectivity index (χ3n) is 7.72. The molecule has 2 aliphatic rings. The summed E-state index contributed by atoms with van der Waals surface area (Å²) in [5.41, 5.74) is 3.30. The number of carbonyl (C=O) groups is 3. The Morgan fingerprint density at radius 1 is 0.977 bits per heavy atom. The highest BCUT2D eigenvalue weighted by molar-refractivity contribution is 6.30. The zero-order valence-electron chi connectivity index (χ0n) is 26.1. The van der Waals surface area contributed by atoms with Crippen molar-refractivity contribution in [3.8, 4) is 5.75 Å². The van der Waals surface area contributed by atoms with Crippen LogP contribution in [-0.4, -0.2) is 30.7 Å². The van der Waals surface area contributed by atoms with E-state index in [1.807, 2.05) is 68.1 Å². The van der Waals surface area contributed by atoms with E-state index < -0.39 is 0 Å². The van der Waals surface area contributed by atoms with Gasteiger partial charge in [0.25, 0.3) is 5.91 Å². The van der Waals surface area contributed by atoms with Gasteiger partial charge in [0.1, 0.15) is 11.5 Å². The van der Waals surface area contributed by atoms with Gasteiger partial charge in [-0.15, -0.1) is 0 Å². The molecule has 0 atom stereocenters. The molecule has 1 saturated carbocycles. The summed E-state index contributed by atoms with van der Waals surface area (Å²) in [5, 5.41) is 3.39. The van der Waals surface area contributed by atoms with Crippen LogP contribution in [0.2, 0.25) is 5.02 Å². The number of benzene rings is 3. The molecule has 3 aromatic carbocycles. The number of anilines is 2. The van der Waals surface area contributed by atoms with E-state index >= 15 is 0 Å². The Morgan fingerprint density at radius 2 is 1.60 bits per heavy atom. The van der Waals surface area contributed by atoms with Crippen LogP contribution in [0, 0.1) is 11.3 Å². The van der Waals surface area contributed by atoms with Crippen molar-refractivity contribution in [1.29, 1.82) is 0 Å². The number of aryl methyl sites for hydroxylation is 1. The fraction of sp³-hybridized carbons (Fsp3) is 0.417. The highest BCUT2D eigenvalue weighted by Gasteiger charge is 2.24. The molecule has 1 N–H and O–H groups in total. The van der Waals surface area contributed by atoms with Crippen LogP contribution < -0.4 is 15.0 Å². The van der Waals surface area contributed by atoms with Crippen molar-refractivity contribution in [3.05, 3.63) is 88.9 Å². The molecule has 2 amide bonds. The Kier molecular flexibility index (Phi) is 12.8. The van der Waals surface area contributed by atoms with Crippen molar-refractivity contribution < 1.29 is 19.1 Å². The van der Waals surface area contributed by atoms with E-state index in [-0.39, 0.29) is 23.0 Å². The predicted octanol–water partition coefficient (Wildman–Crippen LogP) is 8.77. The summed E-state index contributed by atoms with van der Waals surface area (Å²) < 4.78 is 5.75. The summed E-state index contributed by atoms with van der Waals surface area (Å²) in [6, 6.07) is 22.4. The number of para-hydroxylation sites is 1. The van der Waals surface area contributed by atoms with Crippen LogP contribution in [-0.2, 0) is 16.0 Å². The third kappa shape index (κ3) is 11.2.